The van der Waals surface area contributed by atoms with Gasteiger partial charge in [-0.25, -0.2) is 5.10 Å². The largest absolute Gasteiger partial charge is 0.360 e. The van der Waals surface area contributed by atoms with Crippen LogP contribution in [0.4, 0.5) is 0 Å². The Balaban J connectivity index is 1.58. The molecule has 0 unspecified atom stereocenters. The molecule has 0 spiro atoms. The molecule has 2 heterocycles. The van der Waals surface area contributed by atoms with Gasteiger partial charge in [-0.2, -0.15) is 5.10 Å². The number of aromatic nitrogens is 3. The van der Waals surface area contributed by atoms with E-state index in [9.17, 15) is 14.4 Å². The van der Waals surface area contributed by atoms with Gasteiger partial charge in [-0.1, -0.05) is 53.7 Å². The minimum Gasteiger partial charge on any atom is -0.360 e. The van der Waals surface area contributed by atoms with E-state index >= 15 is 0 Å². The zero-order valence-electron chi connectivity index (χ0n) is 15.2. The molecular weight excluding hydrogens is 374 g/mol. The van der Waals surface area contributed by atoms with Gasteiger partial charge in [0.1, 0.15) is 17.0 Å². The fourth-order valence-electron chi connectivity index (χ4n) is 2.96. The molecular formula is C20H15N5O4. The molecule has 2 aromatic heterocycles. The van der Waals surface area contributed by atoms with Crippen molar-refractivity contribution >= 4 is 22.6 Å². The molecule has 0 aliphatic heterocycles. The van der Waals surface area contributed by atoms with Gasteiger partial charge in [-0.05, 0) is 13.0 Å². The predicted octanol–water partition coefficient (Wildman–Crippen LogP) is 1.96. The van der Waals surface area contributed by atoms with Crippen LogP contribution < -0.4 is 16.4 Å². The lowest BCUT2D eigenvalue weighted by Crippen LogP contribution is -2.42. The fraction of sp³-hybridized carbons (Fsp3) is 0.0500. The molecule has 0 saturated carbocycles. The summed E-state index contributed by atoms with van der Waals surface area (Å²) in [5.41, 5.74) is 5.49. The Labute approximate surface area is 163 Å². The van der Waals surface area contributed by atoms with Gasteiger partial charge in [0.25, 0.3) is 17.4 Å². The van der Waals surface area contributed by atoms with Crippen molar-refractivity contribution in [3.63, 3.8) is 0 Å². The highest BCUT2D eigenvalue weighted by atomic mass is 16.5. The van der Waals surface area contributed by atoms with Gasteiger partial charge in [0, 0.05) is 10.9 Å². The van der Waals surface area contributed by atoms with Crippen LogP contribution in [-0.4, -0.2) is 27.2 Å². The smallest absolute Gasteiger partial charge is 0.290 e. The number of hydrogen-bond acceptors (Lipinski definition) is 6. The summed E-state index contributed by atoms with van der Waals surface area (Å²) in [6.07, 6.45) is 0. The highest BCUT2D eigenvalue weighted by molar-refractivity contribution is 6.07. The van der Waals surface area contributed by atoms with Crippen LogP contribution in [0.25, 0.3) is 22.0 Å². The lowest BCUT2D eigenvalue weighted by atomic mass is 10.1. The van der Waals surface area contributed by atoms with Crippen molar-refractivity contribution in [1.29, 1.82) is 0 Å². The number of hydrogen-bond donors (Lipinski definition) is 3. The summed E-state index contributed by atoms with van der Waals surface area (Å²) in [4.78, 5) is 37.1. The number of benzene rings is 2. The molecule has 0 atom stereocenters. The third-order valence-corrected chi connectivity index (χ3v) is 4.34. The lowest BCUT2D eigenvalue weighted by molar-refractivity contribution is 0.0843. The number of hydrazine groups is 1. The molecule has 0 aliphatic rings. The van der Waals surface area contributed by atoms with E-state index in [1.54, 1.807) is 43.3 Å². The molecule has 4 rings (SSSR count). The summed E-state index contributed by atoms with van der Waals surface area (Å²) in [5, 5.41) is 10.7. The maximum atomic E-state index is 12.7. The van der Waals surface area contributed by atoms with Crippen molar-refractivity contribution in [3.8, 4) is 11.3 Å². The molecule has 144 valence electrons. The van der Waals surface area contributed by atoms with Crippen molar-refractivity contribution in [1.82, 2.24) is 26.2 Å². The monoisotopic (exact) mass is 389 g/mol. The minimum absolute atomic E-state index is 0.0224. The van der Waals surface area contributed by atoms with Crippen LogP contribution in [0, 0.1) is 6.92 Å². The number of rotatable bonds is 3. The van der Waals surface area contributed by atoms with Crippen LogP contribution >= 0.6 is 0 Å². The van der Waals surface area contributed by atoms with E-state index in [2.05, 4.69) is 26.2 Å². The van der Waals surface area contributed by atoms with E-state index in [0.717, 1.165) is 0 Å². The average Bonchev–Trinajstić information content (AvgIpc) is 3.14. The quantitative estimate of drug-likeness (QED) is 0.459. The Hall–Kier alpha value is -4.27. The molecule has 3 N–H and O–H groups in total. The fourth-order valence-corrected chi connectivity index (χ4v) is 2.96. The first-order chi connectivity index (χ1) is 14.1. The van der Waals surface area contributed by atoms with Crippen molar-refractivity contribution in [2.75, 3.05) is 0 Å². The van der Waals surface area contributed by atoms with Crippen molar-refractivity contribution < 1.29 is 14.1 Å². The number of carbonyl (C=O) groups is 2. The number of H-pyrrole nitrogens is 1. The van der Waals surface area contributed by atoms with Gasteiger partial charge >= 0.3 is 0 Å². The second-order valence-corrected chi connectivity index (χ2v) is 6.18. The Morgan fingerprint density at radius 3 is 2.34 bits per heavy atom. The number of aryl methyl sites for hydroxylation is 1. The molecule has 9 heteroatoms. The Morgan fingerprint density at radius 2 is 1.59 bits per heavy atom. The third-order valence-electron chi connectivity index (χ3n) is 4.34. The van der Waals surface area contributed by atoms with Crippen LogP contribution in [0.15, 0.2) is 63.9 Å². The predicted molar refractivity (Wildman–Crippen MR) is 104 cm³/mol. The molecule has 2 amide bonds. The van der Waals surface area contributed by atoms with Crippen LogP contribution in [0.3, 0.4) is 0 Å². The minimum atomic E-state index is -0.679. The molecule has 0 saturated heterocycles. The molecule has 0 radical (unpaired) electrons. The zero-order chi connectivity index (χ0) is 20.4. The molecule has 2 aromatic carbocycles. The number of nitrogens with zero attached hydrogens (tertiary/aromatic N) is 2. The van der Waals surface area contributed by atoms with Crippen LogP contribution in [0.5, 0.6) is 0 Å². The second kappa shape index (κ2) is 7.39. The number of aromatic amines is 1. The molecule has 4 aromatic rings. The van der Waals surface area contributed by atoms with E-state index in [0.29, 0.717) is 27.8 Å². The van der Waals surface area contributed by atoms with Gasteiger partial charge in [0.2, 0.25) is 0 Å². The van der Waals surface area contributed by atoms with Crippen molar-refractivity contribution in [2.24, 2.45) is 0 Å². The number of carbonyl (C=O) groups excluding carboxylic acids is 2. The summed E-state index contributed by atoms with van der Waals surface area (Å²) in [7, 11) is 0. The normalized spacial score (nSPS) is 10.7. The SMILES string of the molecule is Cc1onc(-c2ccccc2)c1C(=O)NNC(=O)c1n[nH]c(=O)c2ccccc12. The molecule has 0 fully saturated rings. The van der Waals surface area contributed by atoms with E-state index in [1.807, 2.05) is 18.2 Å². The van der Waals surface area contributed by atoms with Crippen molar-refractivity contribution in [3.05, 3.63) is 82.0 Å². The van der Waals surface area contributed by atoms with Gasteiger partial charge in [-0.3, -0.25) is 25.2 Å². The van der Waals surface area contributed by atoms with Gasteiger partial charge in [0.05, 0.1) is 5.39 Å². The Morgan fingerprint density at radius 1 is 0.931 bits per heavy atom. The summed E-state index contributed by atoms with van der Waals surface area (Å²) >= 11 is 0. The highest BCUT2D eigenvalue weighted by Crippen LogP contribution is 2.24. The third kappa shape index (κ3) is 3.36. The number of fused-ring (bicyclic) bond motifs is 1. The first kappa shape index (κ1) is 18.1. The highest BCUT2D eigenvalue weighted by Gasteiger charge is 2.22. The van der Waals surface area contributed by atoms with Crippen LogP contribution in [0.1, 0.15) is 26.6 Å². The van der Waals surface area contributed by atoms with E-state index in [-0.39, 0.29) is 11.3 Å². The number of nitrogens with one attached hydrogen (secondary N) is 3. The van der Waals surface area contributed by atoms with E-state index < -0.39 is 17.4 Å². The maximum Gasteiger partial charge on any atom is 0.290 e. The molecule has 0 bridgehead atoms. The standard InChI is InChI=1S/C20H15N5O4/c1-11-15(16(25-29-11)12-7-3-2-4-8-12)19(27)23-24-20(28)17-13-9-5-6-10-14(13)18(26)22-21-17/h2-10H,1H3,(H,22,26)(H,23,27)(H,24,28). The molecule has 9 nitrogen and oxygen atoms in total. The zero-order valence-corrected chi connectivity index (χ0v) is 15.2. The number of amides is 2. The van der Waals surface area contributed by atoms with Gasteiger partial charge < -0.3 is 4.52 Å². The van der Waals surface area contributed by atoms with Gasteiger partial charge in [0.15, 0.2) is 5.69 Å². The summed E-state index contributed by atoms with van der Waals surface area (Å²) < 4.78 is 5.16. The van der Waals surface area contributed by atoms with E-state index in [1.165, 1.54) is 0 Å². The van der Waals surface area contributed by atoms with Crippen LogP contribution in [-0.2, 0) is 0 Å². The Kier molecular flexibility index (Phi) is 4.62. The van der Waals surface area contributed by atoms with E-state index in [4.69, 9.17) is 4.52 Å². The average molecular weight is 389 g/mol. The van der Waals surface area contributed by atoms with Gasteiger partial charge in [-0.15, -0.1) is 0 Å². The van der Waals surface area contributed by atoms with Crippen LogP contribution in [0.2, 0.25) is 0 Å². The summed E-state index contributed by atoms with van der Waals surface area (Å²) in [5.74, 6) is -0.964. The van der Waals surface area contributed by atoms with Crippen molar-refractivity contribution in [2.45, 2.75) is 6.92 Å². The first-order valence-electron chi connectivity index (χ1n) is 8.66. The topological polar surface area (TPSA) is 130 Å². The maximum absolute atomic E-state index is 12.7. The summed E-state index contributed by atoms with van der Waals surface area (Å²) in [6, 6.07) is 15.6. The second-order valence-electron chi connectivity index (χ2n) is 6.18. The molecule has 29 heavy (non-hydrogen) atoms. The lowest BCUT2D eigenvalue weighted by Gasteiger charge is -2.08. The first-order valence-corrected chi connectivity index (χ1v) is 8.66. The molecule has 0 aliphatic carbocycles. The summed E-state index contributed by atoms with van der Waals surface area (Å²) in [6.45, 7) is 1.60. The Bertz CT molecular complexity index is 1280.